The zero-order chi connectivity index (χ0) is 16.3. The predicted octanol–water partition coefficient (Wildman–Crippen LogP) is 6.16. The first-order valence-corrected chi connectivity index (χ1v) is 7.87. The molecule has 0 saturated carbocycles. The second-order valence-corrected chi connectivity index (χ2v) is 7.37. The fourth-order valence-corrected chi connectivity index (χ4v) is 3.02. The minimum absolute atomic E-state index is 0.116. The summed E-state index contributed by atoms with van der Waals surface area (Å²) in [7, 11) is 0. The number of rotatable bonds is 6. The maximum absolute atomic E-state index is 3.98. The normalized spacial score (nSPS) is 12.9. The van der Waals surface area contributed by atoms with E-state index in [1.54, 1.807) is 0 Å². The molecule has 21 heavy (non-hydrogen) atoms. The summed E-state index contributed by atoms with van der Waals surface area (Å²) in [4.78, 5) is 0. The van der Waals surface area contributed by atoms with Crippen LogP contribution in [-0.4, -0.2) is 4.57 Å². The Balaban J connectivity index is 3.68. The molecule has 1 nitrogen and oxygen atoms in total. The van der Waals surface area contributed by atoms with E-state index in [4.69, 9.17) is 0 Å². The Morgan fingerprint density at radius 2 is 1.76 bits per heavy atom. The molecule has 0 spiro atoms. The van der Waals surface area contributed by atoms with E-state index in [2.05, 4.69) is 71.5 Å². The van der Waals surface area contributed by atoms with Gasteiger partial charge in [-0.25, -0.2) is 0 Å². The van der Waals surface area contributed by atoms with Crippen molar-refractivity contribution in [3.05, 3.63) is 48.3 Å². The third-order valence-corrected chi connectivity index (χ3v) is 3.97. The van der Waals surface area contributed by atoms with Gasteiger partial charge in [0.05, 0.1) is 0 Å². The van der Waals surface area contributed by atoms with Crippen LogP contribution in [0.2, 0.25) is 0 Å². The van der Waals surface area contributed by atoms with Crippen LogP contribution in [0.4, 0.5) is 0 Å². The molecule has 0 unspecified atom stereocenters. The number of nitrogens with zero attached hydrogens (tertiary/aromatic N) is 1. The van der Waals surface area contributed by atoms with Crippen molar-refractivity contribution in [2.75, 3.05) is 0 Å². The molecular weight excluding hydrogens is 254 g/mol. The molecular formula is C20H31N. The van der Waals surface area contributed by atoms with E-state index >= 15 is 0 Å². The standard InChI is InChI=1S/C20H31N/c1-9-12-14-21-16(11-3)15-17(19(4,5)6)18(21)20(7,8)13-10-2/h9,11-12,14-15H,1,3,10,13H2,2,4-8H3/b14-12-. The van der Waals surface area contributed by atoms with E-state index in [0.717, 1.165) is 5.69 Å². The van der Waals surface area contributed by atoms with Gasteiger partial charge in [0.25, 0.3) is 0 Å². The fourth-order valence-electron chi connectivity index (χ4n) is 3.02. The summed E-state index contributed by atoms with van der Waals surface area (Å²) in [6.45, 7) is 21.5. The Labute approximate surface area is 131 Å². The molecule has 0 N–H and O–H groups in total. The highest BCUT2D eigenvalue weighted by atomic mass is 15.0. The van der Waals surface area contributed by atoms with Crippen molar-refractivity contribution in [1.82, 2.24) is 4.57 Å². The van der Waals surface area contributed by atoms with Crippen LogP contribution in [0.25, 0.3) is 12.3 Å². The van der Waals surface area contributed by atoms with E-state index in [0.29, 0.717) is 0 Å². The zero-order valence-electron chi connectivity index (χ0n) is 14.7. The lowest BCUT2D eigenvalue weighted by molar-refractivity contribution is 0.437. The van der Waals surface area contributed by atoms with Crippen LogP contribution in [0.1, 0.15) is 71.3 Å². The highest BCUT2D eigenvalue weighted by molar-refractivity contribution is 5.56. The molecule has 0 fully saturated rings. The van der Waals surface area contributed by atoms with Gasteiger partial charge in [-0.3, -0.25) is 0 Å². The average Bonchev–Trinajstić information content (AvgIpc) is 2.75. The molecule has 0 atom stereocenters. The van der Waals surface area contributed by atoms with E-state index in [9.17, 15) is 0 Å². The summed E-state index contributed by atoms with van der Waals surface area (Å²) in [6, 6.07) is 2.28. The Bertz CT molecular complexity index is 533. The molecule has 1 aromatic rings. The number of aromatic nitrogens is 1. The lowest BCUT2D eigenvalue weighted by Gasteiger charge is -2.31. The summed E-state index contributed by atoms with van der Waals surface area (Å²) in [6.07, 6.45) is 10.2. The summed E-state index contributed by atoms with van der Waals surface area (Å²) in [5.41, 5.74) is 4.20. The molecule has 1 heterocycles. The molecule has 0 aliphatic heterocycles. The fraction of sp³-hybridized carbons (Fsp3) is 0.500. The van der Waals surface area contributed by atoms with Gasteiger partial charge in [-0.15, -0.1) is 0 Å². The first-order valence-electron chi connectivity index (χ1n) is 7.87. The Hall–Kier alpha value is -1.50. The maximum atomic E-state index is 3.98. The van der Waals surface area contributed by atoms with Gasteiger partial charge in [0, 0.05) is 23.0 Å². The smallest absolute Gasteiger partial charge is 0.0450 e. The number of hydrogen-bond donors (Lipinski definition) is 0. The third kappa shape index (κ3) is 3.78. The SMILES string of the molecule is C=C/C=C\n1c(C=C)cc(C(C)(C)C)c1C(C)(C)CCC. The topological polar surface area (TPSA) is 4.93 Å². The van der Waals surface area contributed by atoms with Gasteiger partial charge in [-0.05, 0) is 35.6 Å². The second kappa shape index (κ2) is 6.51. The maximum Gasteiger partial charge on any atom is 0.0450 e. The summed E-state index contributed by atoms with van der Waals surface area (Å²) >= 11 is 0. The van der Waals surface area contributed by atoms with E-state index in [1.165, 1.54) is 24.1 Å². The zero-order valence-corrected chi connectivity index (χ0v) is 14.7. The highest BCUT2D eigenvalue weighted by Gasteiger charge is 2.32. The van der Waals surface area contributed by atoms with Gasteiger partial charge in [0.1, 0.15) is 0 Å². The van der Waals surface area contributed by atoms with E-state index in [1.807, 2.05) is 18.2 Å². The van der Waals surface area contributed by atoms with Crippen LogP contribution >= 0.6 is 0 Å². The molecule has 0 aliphatic carbocycles. The molecule has 0 bridgehead atoms. The largest absolute Gasteiger partial charge is 0.320 e. The molecule has 0 saturated heterocycles. The van der Waals surface area contributed by atoms with Gasteiger partial charge >= 0.3 is 0 Å². The van der Waals surface area contributed by atoms with Gasteiger partial charge in [-0.1, -0.05) is 67.2 Å². The molecule has 1 rings (SSSR count). The Morgan fingerprint density at radius 1 is 1.14 bits per heavy atom. The van der Waals surface area contributed by atoms with Crippen LogP contribution in [0.3, 0.4) is 0 Å². The molecule has 1 heteroatoms. The monoisotopic (exact) mass is 285 g/mol. The van der Waals surface area contributed by atoms with Crippen molar-refractivity contribution in [2.24, 2.45) is 0 Å². The van der Waals surface area contributed by atoms with E-state index in [-0.39, 0.29) is 10.8 Å². The van der Waals surface area contributed by atoms with Crippen molar-refractivity contribution >= 4 is 12.3 Å². The van der Waals surface area contributed by atoms with Crippen LogP contribution in [0, 0.1) is 0 Å². The van der Waals surface area contributed by atoms with Crippen molar-refractivity contribution in [3.63, 3.8) is 0 Å². The van der Waals surface area contributed by atoms with Crippen LogP contribution in [0.15, 0.2) is 31.4 Å². The number of allylic oxidation sites excluding steroid dienone is 2. The molecule has 0 radical (unpaired) electrons. The first kappa shape index (κ1) is 17.6. The van der Waals surface area contributed by atoms with E-state index < -0.39 is 0 Å². The Kier molecular flexibility index (Phi) is 5.44. The molecule has 1 aromatic heterocycles. The molecule has 0 aromatic carbocycles. The first-order chi connectivity index (χ1) is 9.69. The van der Waals surface area contributed by atoms with Crippen molar-refractivity contribution < 1.29 is 0 Å². The highest BCUT2D eigenvalue weighted by Crippen LogP contribution is 2.39. The predicted molar refractivity (Wildman–Crippen MR) is 96.7 cm³/mol. The third-order valence-electron chi connectivity index (χ3n) is 3.97. The summed E-state index contributed by atoms with van der Waals surface area (Å²) in [5.74, 6) is 0. The molecule has 0 aliphatic rings. The van der Waals surface area contributed by atoms with Gasteiger partial charge < -0.3 is 4.57 Å². The van der Waals surface area contributed by atoms with Gasteiger partial charge in [0.2, 0.25) is 0 Å². The Morgan fingerprint density at radius 3 is 2.19 bits per heavy atom. The molecule has 0 amide bonds. The van der Waals surface area contributed by atoms with Crippen molar-refractivity contribution in [1.29, 1.82) is 0 Å². The van der Waals surface area contributed by atoms with Gasteiger partial charge in [-0.2, -0.15) is 0 Å². The number of hydrogen-bond acceptors (Lipinski definition) is 0. The van der Waals surface area contributed by atoms with Crippen molar-refractivity contribution in [3.8, 4) is 0 Å². The summed E-state index contributed by atoms with van der Waals surface area (Å²) in [5, 5.41) is 0. The quantitative estimate of drug-likeness (QED) is 0.551. The van der Waals surface area contributed by atoms with Crippen molar-refractivity contribution in [2.45, 2.75) is 65.2 Å². The average molecular weight is 285 g/mol. The van der Waals surface area contributed by atoms with Crippen LogP contribution < -0.4 is 0 Å². The lowest BCUT2D eigenvalue weighted by atomic mass is 9.76. The second-order valence-electron chi connectivity index (χ2n) is 7.37. The minimum atomic E-state index is 0.116. The summed E-state index contributed by atoms with van der Waals surface area (Å²) < 4.78 is 2.28. The lowest BCUT2D eigenvalue weighted by Crippen LogP contribution is -2.26. The van der Waals surface area contributed by atoms with Crippen LogP contribution in [0.5, 0.6) is 0 Å². The minimum Gasteiger partial charge on any atom is -0.320 e. The van der Waals surface area contributed by atoms with Gasteiger partial charge in [0.15, 0.2) is 0 Å². The molecule has 116 valence electrons. The van der Waals surface area contributed by atoms with Crippen LogP contribution in [-0.2, 0) is 10.8 Å².